The fourth-order valence-electron chi connectivity index (χ4n) is 2.11. The first-order valence-electron chi connectivity index (χ1n) is 7.09. The van der Waals surface area contributed by atoms with Crippen LogP contribution < -0.4 is 5.32 Å². The molecule has 1 fully saturated rings. The Labute approximate surface area is 137 Å². The Morgan fingerprint density at radius 3 is 2.61 bits per heavy atom. The molecule has 2 aromatic rings. The number of amides is 1. The lowest BCUT2D eigenvalue weighted by atomic mass is 10.1. The average Bonchev–Trinajstić information content (AvgIpc) is 2.90. The number of halogens is 1. The molecule has 1 unspecified atom stereocenters. The molecule has 0 aromatic heterocycles. The van der Waals surface area contributed by atoms with Crippen molar-refractivity contribution in [2.45, 2.75) is 11.7 Å². The molecule has 4 nitrogen and oxygen atoms in total. The maximum absolute atomic E-state index is 12.9. The molecule has 116 valence electrons. The summed E-state index contributed by atoms with van der Waals surface area (Å²) >= 11 is 1.33. The molecule has 0 radical (unpaired) electrons. The predicted molar refractivity (Wildman–Crippen MR) is 91.1 cm³/mol. The van der Waals surface area contributed by atoms with Crippen LogP contribution in [0, 0.1) is 5.82 Å². The molecule has 0 saturated carbocycles. The predicted octanol–water partition coefficient (Wildman–Crippen LogP) is 2.99. The van der Waals surface area contributed by atoms with Crippen LogP contribution >= 0.6 is 11.8 Å². The zero-order valence-electron chi connectivity index (χ0n) is 12.1. The summed E-state index contributed by atoms with van der Waals surface area (Å²) in [7, 11) is 0. The lowest BCUT2D eigenvalue weighted by molar-refractivity contribution is -0.118. The molecule has 6 heteroatoms. The van der Waals surface area contributed by atoms with E-state index in [1.807, 2.05) is 30.3 Å². The van der Waals surface area contributed by atoms with Gasteiger partial charge in [0.1, 0.15) is 5.82 Å². The van der Waals surface area contributed by atoms with E-state index in [4.69, 9.17) is 0 Å². The molecule has 2 aromatic carbocycles. The smallest absolute Gasteiger partial charge is 0.239 e. The van der Waals surface area contributed by atoms with Crippen molar-refractivity contribution in [3.63, 3.8) is 0 Å². The lowest BCUT2D eigenvalue weighted by Crippen LogP contribution is -2.25. The van der Waals surface area contributed by atoms with Gasteiger partial charge in [-0.2, -0.15) is 5.10 Å². The van der Waals surface area contributed by atoms with Crippen molar-refractivity contribution < 1.29 is 9.18 Å². The molecule has 0 aliphatic carbocycles. The summed E-state index contributed by atoms with van der Waals surface area (Å²) < 4.78 is 12.9. The zero-order valence-corrected chi connectivity index (χ0v) is 13.0. The van der Waals surface area contributed by atoms with Gasteiger partial charge < -0.3 is 5.32 Å². The first-order chi connectivity index (χ1) is 11.2. The number of hydrogen-bond donors (Lipinski definition) is 1. The minimum atomic E-state index is -0.283. The molecule has 1 saturated heterocycles. The van der Waals surface area contributed by atoms with E-state index < -0.39 is 0 Å². The molecular formula is C17H14FN3OS. The normalized spacial score (nSPS) is 19.4. The third-order valence-corrected chi connectivity index (χ3v) is 4.34. The minimum Gasteiger partial charge on any atom is -0.303 e. The van der Waals surface area contributed by atoms with Crippen LogP contribution in [-0.2, 0) is 11.2 Å². The third-order valence-electron chi connectivity index (χ3n) is 3.27. The van der Waals surface area contributed by atoms with Gasteiger partial charge in [-0.05, 0) is 29.7 Å². The molecule has 1 amide bonds. The summed E-state index contributed by atoms with van der Waals surface area (Å²) in [5, 5.41) is 10.9. The third kappa shape index (κ3) is 4.26. The number of rotatable bonds is 4. The van der Waals surface area contributed by atoms with Gasteiger partial charge in [-0.1, -0.05) is 54.2 Å². The molecule has 23 heavy (non-hydrogen) atoms. The molecule has 1 atom stereocenters. The van der Waals surface area contributed by atoms with Gasteiger partial charge in [0.25, 0.3) is 0 Å². The van der Waals surface area contributed by atoms with E-state index >= 15 is 0 Å². The summed E-state index contributed by atoms with van der Waals surface area (Å²) in [6.07, 6.45) is 2.16. The van der Waals surface area contributed by atoms with E-state index in [-0.39, 0.29) is 17.0 Å². The number of carbonyl (C=O) groups is 1. The van der Waals surface area contributed by atoms with Gasteiger partial charge in [-0.15, -0.1) is 5.10 Å². The Balaban J connectivity index is 1.61. The van der Waals surface area contributed by atoms with Crippen LogP contribution in [0.2, 0.25) is 0 Å². The number of nitrogens with one attached hydrogen (secondary N) is 1. The van der Waals surface area contributed by atoms with Crippen LogP contribution in [0.4, 0.5) is 4.39 Å². The zero-order chi connectivity index (χ0) is 16.1. The first kappa shape index (κ1) is 15.4. The van der Waals surface area contributed by atoms with Crippen LogP contribution in [-0.4, -0.2) is 22.5 Å². The molecular weight excluding hydrogens is 313 g/mol. The molecule has 1 N–H and O–H groups in total. The summed E-state index contributed by atoms with van der Waals surface area (Å²) in [6.45, 7) is 0. The number of thioether (sulfide) groups is 1. The number of carbonyl (C=O) groups excluding carboxylic acids is 1. The van der Waals surface area contributed by atoms with E-state index in [0.29, 0.717) is 11.6 Å². The molecule has 1 aliphatic rings. The van der Waals surface area contributed by atoms with Crippen molar-refractivity contribution in [1.82, 2.24) is 5.32 Å². The van der Waals surface area contributed by atoms with Gasteiger partial charge in [0.05, 0.1) is 11.5 Å². The Bertz CT molecular complexity index is 744. The highest BCUT2D eigenvalue weighted by Gasteiger charge is 2.30. The van der Waals surface area contributed by atoms with Gasteiger partial charge in [0.15, 0.2) is 5.17 Å². The quantitative estimate of drug-likeness (QED) is 0.693. The van der Waals surface area contributed by atoms with E-state index in [1.54, 1.807) is 18.3 Å². The maximum Gasteiger partial charge on any atom is 0.239 e. The number of amidine groups is 1. The molecule has 1 aliphatic heterocycles. The van der Waals surface area contributed by atoms with Crippen molar-refractivity contribution in [1.29, 1.82) is 0 Å². The number of hydrogen-bond acceptors (Lipinski definition) is 4. The number of nitrogens with zero attached hydrogens (tertiary/aromatic N) is 2. The van der Waals surface area contributed by atoms with Crippen molar-refractivity contribution in [2.24, 2.45) is 10.2 Å². The average molecular weight is 327 g/mol. The fraction of sp³-hybridized carbons (Fsp3) is 0.118. The largest absolute Gasteiger partial charge is 0.303 e. The second-order valence-corrected chi connectivity index (χ2v) is 6.18. The van der Waals surface area contributed by atoms with E-state index in [9.17, 15) is 9.18 Å². The van der Waals surface area contributed by atoms with E-state index in [0.717, 1.165) is 11.1 Å². The highest BCUT2D eigenvalue weighted by atomic mass is 32.2. The van der Waals surface area contributed by atoms with Crippen molar-refractivity contribution in [2.75, 3.05) is 0 Å². The van der Waals surface area contributed by atoms with Crippen molar-refractivity contribution in [3.8, 4) is 0 Å². The summed E-state index contributed by atoms with van der Waals surface area (Å²) in [5.74, 6) is -0.386. The van der Waals surface area contributed by atoms with Crippen LogP contribution in [0.25, 0.3) is 0 Å². The Kier molecular flexibility index (Phi) is 4.83. The topological polar surface area (TPSA) is 53.8 Å². The standard InChI is InChI=1S/C17H14FN3OS/c18-14-8-6-12(7-9-14)10-15-16(22)20-17(23-15)21-19-11-13-4-2-1-3-5-13/h1-9,11,15H,10H2,(H,20,21,22). The van der Waals surface area contributed by atoms with E-state index in [2.05, 4.69) is 15.5 Å². The summed E-state index contributed by atoms with van der Waals surface area (Å²) in [5.41, 5.74) is 1.85. The molecule has 0 spiro atoms. The van der Waals surface area contributed by atoms with Gasteiger partial charge in [0, 0.05) is 0 Å². The van der Waals surface area contributed by atoms with Crippen LogP contribution in [0.1, 0.15) is 11.1 Å². The monoisotopic (exact) mass is 327 g/mol. The highest BCUT2D eigenvalue weighted by molar-refractivity contribution is 8.15. The Morgan fingerprint density at radius 1 is 1.13 bits per heavy atom. The van der Waals surface area contributed by atoms with Crippen molar-refractivity contribution >= 4 is 29.1 Å². The van der Waals surface area contributed by atoms with Gasteiger partial charge in [0.2, 0.25) is 5.91 Å². The molecule has 0 bridgehead atoms. The number of benzene rings is 2. The minimum absolute atomic E-state index is 0.104. The Hall–Kier alpha value is -2.47. The van der Waals surface area contributed by atoms with Gasteiger partial charge in [-0.3, -0.25) is 4.79 Å². The van der Waals surface area contributed by atoms with Crippen LogP contribution in [0.5, 0.6) is 0 Å². The lowest BCUT2D eigenvalue weighted by Gasteiger charge is -2.04. The van der Waals surface area contributed by atoms with Crippen molar-refractivity contribution in [3.05, 3.63) is 71.5 Å². The van der Waals surface area contributed by atoms with Gasteiger partial charge >= 0.3 is 0 Å². The second-order valence-electron chi connectivity index (χ2n) is 4.99. The van der Waals surface area contributed by atoms with Gasteiger partial charge in [-0.25, -0.2) is 4.39 Å². The Morgan fingerprint density at radius 2 is 1.87 bits per heavy atom. The summed E-state index contributed by atoms with van der Waals surface area (Å²) in [4.78, 5) is 12.0. The molecule has 3 rings (SSSR count). The van der Waals surface area contributed by atoms with Crippen LogP contribution in [0.3, 0.4) is 0 Å². The maximum atomic E-state index is 12.9. The van der Waals surface area contributed by atoms with E-state index in [1.165, 1.54) is 23.9 Å². The second kappa shape index (κ2) is 7.19. The fourth-order valence-corrected chi connectivity index (χ4v) is 3.07. The highest BCUT2D eigenvalue weighted by Crippen LogP contribution is 2.23. The first-order valence-corrected chi connectivity index (χ1v) is 7.97. The summed E-state index contributed by atoms with van der Waals surface area (Å²) in [6, 6.07) is 15.8. The SMILES string of the molecule is O=C1N/C(=N\N=Cc2ccccc2)SC1Cc1ccc(F)cc1. The molecule has 1 heterocycles. The van der Waals surface area contributed by atoms with Crippen LogP contribution in [0.15, 0.2) is 64.8 Å².